The maximum Gasteiger partial charge on any atom is 0.598 e. The first-order valence-electron chi connectivity index (χ1n) is 6.43. The Morgan fingerprint density at radius 3 is 2.23 bits per heavy atom. The summed E-state index contributed by atoms with van der Waals surface area (Å²) in [4.78, 5) is 32.7. The van der Waals surface area contributed by atoms with E-state index in [1.54, 1.807) is 4.90 Å². The molecule has 1 saturated heterocycles. The largest absolute Gasteiger partial charge is 0.598 e. The SMILES string of the molecule is COc1nc(N2CCCCC2)nc(C(Cl)([N+](=O)[O-])[N+](=O)[O-])n1. The zero-order valence-electron chi connectivity index (χ0n) is 11.6. The van der Waals surface area contributed by atoms with Gasteiger partial charge in [-0.1, -0.05) is 0 Å². The van der Waals surface area contributed by atoms with Gasteiger partial charge < -0.3 is 9.64 Å². The number of nitro groups is 2. The van der Waals surface area contributed by atoms with Crippen molar-refractivity contribution in [1.82, 2.24) is 15.0 Å². The van der Waals surface area contributed by atoms with E-state index >= 15 is 0 Å². The number of hydrogen-bond donors (Lipinski definition) is 0. The van der Waals surface area contributed by atoms with Crippen molar-refractivity contribution in [1.29, 1.82) is 0 Å². The van der Waals surface area contributed by atoms with Crippen molar-refractivity contribution in [3.8, 4) is 6.01 Å². The summed E-state index contributed by atoms with van der Waals surface area (Å²) in [7, 11) is 1.24. The molecule has 2 rings (SSSR count). The Morgan fingerprint density at radius 2 is 1.73 bits per heavy atom. The number of anilines is 1. The topological polar surface area (TPSA) is 137 Å². The van der Waals surface area contributed by atoms with Crippen molar-refractivity contribution < 1.29 is 14.6 Å². The third-order valence-electron chi connectivity index (χ3n) is 3.19. The van der Waals surface area contributed by atoms with Gasteiger partial charge in [0.15, 0.2) is 0 Å². The van der Waals surface area contributed by atoms with Crippen molar-refractivity contribution in [2.75, 3.05) is 25.1 Å². The van der Waals surface area contributed by atoms with Crippen LogP contribution in [0.4, 0.5) is 5.95 Å². The second-order valence-corrected chi connectivity index (χ2v) is 5.12. The smallest absolute Gasteiger partial charge is 0.467 e. The molecule has 0 saturated carbocycles. The molecule has 0 bridgehead atoms. The summed E-state index contributed by atoms with van der Waals surface area (Å²) in [6, 6.07) is -0.265. The van der Waals surface area contributed by atoms with Gasteiger partial charge in [-0.25, -0.2) is 0 Å². The van der Waals surface area contributed by atoms with Crippen LogP contribution in [0.15, 0.2) is 0 Å². The van der Waals surface area contributed by atoms with E-state index in [0.29, 0.717) is 13.1 Å². The fourth-order valence-electron chi connectivity index (χ4n) is 2.04. The molecule has 0 aliphatic carbocycles. The van der Waals surface area contributed by atoms with Crippen LogP contribution in [-0.4, -0.2) is 45.0 Å². The third kappa shape index (κ3) is 2.84. The van der Waals surface area contributed by atoms with Crippen molar-refractivity contribution in [2.24, 2.45) is 0 Å². The average molecular weight is 333 g/mol. The minimum atomic E-state index is -3.18. The summed E-state index contributed by atoms with van der Waals surface area (Å²) in [5.41, 5.74) is 0. The first kappa shape index (κ1) is 16.1. The lowest BCUT2D eigenvalue weighted by Crippen LogP contribution is -2.40. The first-order chi connectivity index (χ1) is 10.4. The molecular formula is C10H13ClN6O5. The molecule has 0 aromatic carbocycles. The highest BCUT2D eigenvalue weighted by atomic mass is 35.5. The number of alkyl halides is 1. The van der Waals surface area contributed by atoms with Gasteiger partial charge in [-0.3, -0.25) is 20.2 Å². The highest BCUT2D eigenvalue weighted by molar-refractivity contribution is 6.21. The molecule has 0 atom stereocenters. The molecule has 0 unspecified atom stereocenters. The Morgan fingerprint density at radius 1 is 1.14 bits per heavy atom. The normalized spacial score (nSPS) is 15.5. The first-order valence-corrected chi connectivity index (χ1v) is 6.80. The fraction of sp³-hybridized carbons (Fsp3) is 0.700. The highest BCUT2D eigenvalue weighted by Crippen LogP contribution is 2.30. The molecule has 1 aliphatic heterocycles. The lowest BCUT2D eigenvalue weighted by atomic mass is 10.1. The van der Waals surface area contributed by atoms with Gasteiger partial charge >= 0.3 is 17.0 Å². The van der Waals surface area contributed by atoms with Gasteiger partial charge in [0.05, 0.1) is 18.7 Å². The fourth-order valence-corrected chi connectivity index (χ4v) is 2.13. The molecule has 0 radical (unpaired) electrons. The maximum atomic E-state index is 11.0. The van der Waals surface area contributed by atoms with E-state index in [9.17, 15) is 20.2 Å². The van der Waals surface area contributed by atoms with Crippen molar-refractivity contribution in [3.63, 3.8) is 0 Å². The van der Waals surface area contributed by atoms with Crippen LogP contribution in [0.5, 0.6) is 6.01 Å². The van der Waals surface area contributed by atoms with Gasteiger partial charge in [0.1, 0.15) is 9.85 Å². The van der Waals surface area contributed by atoms with Crippen LogP contribution >= 0.6 is 11.6 Å². The molecule has 1 aromatic rings. The number of aromatic nitrogens is 3. The van der Waals surface area contributed by atoms with Crippen LogP contribution in [0.3, 0.4) is 0 Å². The van der Waals surface area contributed by atoms with E-state index in [2.05, 4.69) is 15.0 Å². The number of ether oxygens (including phenoxy) is 1. The molecule has 1 aromatic heterocycles. The van der Waals surface area contributed by atoms with E-state index in [1.807, 2.05) is 0 Å². The predicted molar refractivity (Wildman–Crippen MR) is 74.0 cm³/mol. The number of piperidine rings is 1. The molecule has 2 heterocycles. The number of nitrogens with zero attached hydrogens (tertiary/aromatic N) is 6. The third-order valence-corrected chi connectivity index (χ3v) is 3.64. The van der Waals surface area contributed by atoms with E-state index in [0.717, 1.165) is 19.3 Å². The van der Waals surface area contributed by atoms with E-state index in [1.165, 1.54) is 7.11 Å². The number of halogens is 1. The van der Waals surface area contributed by atoms with Gasteiger partial charge in [0, 0.05) is 13.1 Å². The van der Waals surface area contributed by atoms with Crippen LogP contribution in [-0.2, 0) is 5.12 Å². The van der Waals surface area contributed by atoms with Crippen LogP contribution in [0.25, 0.3) is 0 Å². The Kier molecular flexibility index (Phi) is 4.54. The van der Waals surface area contributed by atoms with E-state index < -0.39 is 20.8 Å². The lowest BCUT2D eigenvalue weighted by molar-refractivity contribution is -0.780. The summed E-state index contributed by atoms with van der Waals surface area (Å²) >= 11 is 5.55. The summed E-state index contributed by atoms with van der Waals surface area (Å²) in [5.74, 6) is -0.702. The number of hydrogen-bond acceptors (Lipinski definition) is 9. The highest BCUT2D eigenvalue weighted by Gasteiger charge is 2.61. The second-order valence-electron chi connectivity index (χ2n) is 4.59. The monoisotopic (exact) mass is 332 g/mol. The summed E-state index contributed by atoms with van der Waals surface area (Å²) in [6.07, 6.45) is 2.86. The van der Waals surface area contributed by atoms with Crippen LogP contribution in [0.2, 0.25) is 0 Å². The molecule has 0 N–H and O–H groups in total. The molecule has 1 aliphatic rings. The molecule has 11 nitrogen and oxygen atoms in total. The molecule has 1 fully saturated rings. The quantitative estimate of drug-likeness (QED) is 0.251. The molecule has 22 heavy (non-hydrogen) atoms. The van der Waals surface area contributed by atoms with Crippen LogP contribution in [0, 0.1) is 20.2 Å². The maximum absolute atomic E-state index is 11.0. The van der Waals surface area contributed by atoms with Gasteiger partial charge in [-0.05, 0) is 19.3 Å². The zero-order chi connectivity index (χ0) is 16.3. The Bertz CT molecular complexity index is 579. The molecule has 120 valence electrons. The zero-order valence-corrected chi connectivity index (χ0v) is 12.4. The van der Waals surface area contributed by atoms with E-state index in [-0.39, 0.29) is 12.0 Å². The summed E-state index contributed by atoms with van der Waals surface area (Å²) in [5, 5.41) is 18.9. The molecule has 0 spiro atoms. The molecule has 12 heteroatoms. The Hall–Kier alpha value is -2.30. The van der Waals surface area contributed by atoms with E-state index in [4.69, 9.17) is 16.3 Å². The Balaban J connectivity index is 2.51. The number of methoxy groups -OCH3 is 1. The molecular weight excluding hydrogens is 320 g/mol. The lowest BCUT2D eigenvalue weighted by Gasteiger charge is -2.26. The van der Waals surface area contributed by atoms with Gasteiger partial charge in [-0.2, -0.15) is 15.0 Å². The van der Waals surface area contributed by atoms with Crippen molar-refractivity contribution in [3.05, 3.63) is 26.1 Å². The van der Waals surface area contributed by atoms with Crippen LogP contribution in [0.1, 0.15) is 25.1 Å². The Labute approximate surface area is 129 Å². The van der Waals surface area contributed by atoms with Gasteiger partial charge in [-0.15, -0.1) is 0 Å². The van der Waals surface area contributed by atoms with Gasteiger partial charge in [0.2, 0.25) is 5.95 Å². The minimum Gasteiger partial charge on any atom is -0.467 e. The summed E-state index contributed by atoms with van der Waals surface area (Å²) in [6.45, 7) is 1.28. The van der Waals surface area contributed by atoms with Gasteiger partial charge in [0.25, 0.3) is 0 Å². The average Bonchev–Trinajstić information content (AvgIpc) is 2.53. The van der Waals surface area contributed by atoms with Crippen LogP contribution < -0.4 is 9.64 Å². The van der Waals surface area contributed by atoms with Crippen molar-refractivity contribution >= 4 is 17.5 Å². The second kappa shape index (κ2) is 6.22. The minimum absolute atomic E-state index is 0.0790. The number of rotatable bonds is 5. The predicted octanol–water partition coefficient (Wildman–Crippen LogP) is 0.773. The standard InChI is InChI=1S/C10H13ClN6O5/c1-22-9-13-7(10(11,16(18)19)17(20)21)12-8(14-9)15-5-3-2-4-6-15/h2-6H2,1H3. The van der Waals surface area contributed by atoms with Crippen molar-refractivity contribution in [2.45, 2.75) is 24.4 Å². The summed E-state index contributed by atoms with van der Waals surface area (Å²) < 4.78 is 4.85. The molecule has 0 amide bonds.